The molecule has 0 radical (unpaired) electrons. The van der Waals surface area contributed by atoms with E-state index in [-0.39, 0.29) is 0 Å². The molecule has 8 heteroatoms. The molecule has 30 heavy (non-hydrogen) atoms. The first kappa shape index (κ1) is 20.0. The van der Waals surface area contributed by atoms with Crippen LogP contribution >= 0.6 is 23.2 Å². The number of nitrogen functional groups attached to an aromatic ring is 1. The number of nitrogens with zero attached hydrogens (tertiary/aromatic N) is 5. The fourth-order valence-electron chi connectivity index (χ4n) is 5.89. The van der Waals surface area contributed by atoms with Crippen molar-refractivity contribution in [2.75, 3.05) is 5.73 Å². The highest BCUT2D eigenvalue weighted by Crippen LogP contribution is 2.51. The van der Waals surface area contributed by atoms with Gasteiger partial charge in [0.15, 0.2) is 17.3 Å². The molecule has 2 N–H and O–H groups in total. The van der Waals surface area contributed by atoms with Gasteiger partial charge in [0.25, 0.3) is 0 Å². The zero-order valence-electron chi connectivity index (χ0n) is 17.2. The molecule has 0 amide bonds. The normalized spacial score (nSPS) is 28.7. The second-order valence-corrected chi connectivity index (χ2v) is 10.1. The maximum Gasteiger partial charge on any atom is 0.166 e. The Morgan fingerprint density at radius 3 is 2.60 bits per heavy atom. The standard InChI is InChI=1S/C22H26Cl2N6/c1-11-3-13-5-12(2)18(14(4-11)6-13)21-28-19-20(25)27-10-30(22(19)29-21)9-15-16(23)7-26-8-17(15)24/h7-8,10-14,18H,3-6,9,25H2,1-2H3. The molecule has 158 valence electrons. The van der Waals surface area contributed by atoms with Crippen molar-refractivity contribution in [1.29, 1.82) is 0 Å². The van der Waals surface area contributed by atoms with Gasteiger partial charge in [-0.05, 0) is 49.4 Å². The lowest BCUT2D eigenvalue weighted by atomic mass is 9.60. The molecule has 4 aliphatic rings. The van der Waals surface area contributed by atoms with Crippen LogP contribution in [0.25, 0.3) is 11.5 Å². The number of halogens is 2. The van der Waals surface area contributed by atoms with E-state index >= 15 is 0 Å². The van der Waals surface area contributed by atoms with Gasteiger partial charge >= 0.3 is 0 Å². The van der Waals surface area contributed by atoms with Crippen LogP contribution in [0.4, 0.5) is 5.82 Å². The zero-order chi connectivity index (χ0) is 21.0. The van der Waals surface area contributed by atoms with E-state index in [0.717, 1.165) is 29.0 Å². The predicted molar refractivity (Wildman–Crippen MR) is 119 cm³/mol. The van der Waals surface area contributed by atoms with Gasteiger partial charge in [-0.15, -0.1) is 0 Å². The molecule has 5 rings (SSSR count). The van der Waals surface area contributed by atoms with Crippen LogP contribution in [0.2, 0.25) is 10.0 Å². The van der Waals surface area contributed by atoms with Crippen LogP contribution in [0.1, 0.15) is 56.8 Å². The van der Waals surface area contributed by atoms with Crippen molar-refractivity contribution < 1.29 is 0 Å². The van der Waals surface area contributed by atoms with Crippen molar-refractivity contribution >= 4 is 29.0 Å². The first-order chi connectivity index (χ1) is 14.4. The van der Waals surface area contributed by atoms with Crippen molar-refractivity contribution in [3.63, 3.8) is 0 Å². The number of hydrogen-bond donors (Lipinski definition) is 1. The van der Waals surface area contributed by atoms with Crippen LogP contribution < -0.4 is 5.73 Å². The number of nitrogens with two attached hydrogens (primary N) is 1. The summed E-state index contributed by atoms with van der Waals surface area (Å²) in [5.41, 5.74) is 7.63. The summed E-state index contributed by atoms with van der Waals surface area (Å²) in [6, 6.07) is 0. The molecule has 0 saturated heterocycles. The maximum atomic E-state index is 6.34. The van der Waals surface area contributed by atoms with Crippen LogP contribution in [0.15, 0.2) is 18.7 Å². The van der Waals surface area contributed by atoms with Gasteiger partial charge in [0.2, 0.25) is 0 Å². The molecule has 3 heterocycles. The quantitative estimate of drug-likeness (QED) is 0.593. The van der Waals surface area contributed by atoms with Crippen LogP contribution in [-0.4, -0.2) is 24.5 Å². The average Bonchev–Trinajstić information content (AvgIpc) is 3.11. The average molecular weight is 445 g/mol. The summed E-state index contributed by atoms with van der Waals surface area (Å²) < 4.78 is 1.93. The number of imidazole rings is 1. The minimum absolute atomic E-state index is 0.373. The summed E-state index contributed by atoms with van der Waals surface area (Å²) in [5.74, 6) is 5.27. The molecule has 5 unspecified atom stereocenters. The number of aromatic nitrogens is 5. The van der Waals surface area contributed by atoms with E-state index in [4.69, 9.17) is 38.9 Å². The summed E-state index contributed by atoms with van der Waals surface area (Å²) in [6.45, 7) is 5.17. The summed E-state index contributed by atoms with van der Waals surface area (Å²) in [6.07, 6.45) is 10.0. The molecule has 2 fully saturated rings. The van der Waals surface area contributed by atoms with Crippen molar-refractivity contribution in [1.82, 2.24) is 24.5 Å². The number of rotatable bonds is 3. The van der Waals surface area contributed by atoms with E-state index < -0.39 is 0 Å². The molecule has 1 aromatic rings. The molecular formula is C22H26Cl2N6. The molecule has 1 aromatic heterocycles. The topological polar surface area (TPSA) is 82.5 Å². The van der Waals surface area contributed by atoms with Gasteiger partial charge in [-0.3, -0.25) is 4.98 Å². The number of anilines is 1. The fraction of sp³-hybridized carbons (Fsp3) is 0.545. The van der Waals surface area contributed by atoms with Gasteiger partial charge < -0.3 is 10.3 Å². The van der Waals surface area contributed by atoms with Crippen molar-refractivity contribution in [2.24, 2.45) is 23.7 Å². The molecule has 0 spiro atoms. The van der Waals surface area contributed by atoms with Gasteiger partial charge in [-0.2, -0.15) is 0 Å². The third-order valence-corrected chi connectivity index (χ3v) is 7.64. The Bertz CT molecular complexity index is 1030. The highest BCUT2D eigenvalue weighted by molar-refractivity contribution is 6.35. The number of fused-ring (bicyclic) bond motifs is 3. The van der Waals surface area contributed by atoms with Crippen LogP contribution in [0, 0.1) is 23.7 Å². The van der Waals surface area contributed by atoms with Crippen molar-refractivity contribution in [2.45, 2.75) is 52.0 Å². The smallest absolute Gasteiger partial charge is 0.166 e. The highest BCUT2D eigenvalue weighted by Gasteiger charge is 2.42. The summed E-state index contributed by atoms with van der Waals surface area (Å²) in [7, 11) is 0. The van der Waals surface area contributed by atoms with Gasteiger partial charge in [0.05, 0.1) is 22.9 Å². The summed E-state index contributed by atoms with van der Waals surface area (Å²) >= 11 is 12.7. The van der Waals surface area contributed by atoms with E-state index in [9.17, 15) is 0 Å². The monoisotopic (exact) mass is 444 g/mol. The van der Waals surface area contributed by atoms with Gasteiger partial charge in [-0.1, -0.05) is 37.0 Å². The molecule has 2 aliphatic heterocycles. The third-order valence-electron chi connectivity index (χ3n) is 6.99. The van der Waals surface area contributed by atoms with Crippen LogP contribution in [0.3, 0.4) is 0 Å². The second kappa shape index (κ2) is 7.65. The van der Waals surface area contributed by atoms with Crippen molar-refractivity contribution in [3.8, 4) is 11.5 Å². The Balaban J connectivity index is 1.55. The predicted octanol–water partition coefficient (Wildman–Crippen LogP) is 5.29. The minimum Gasteiger partial charge on any atom is -0.382 e. The maximum absolute atomic E-state index is 6.34. The summed E-state index contributed by atoms with van der Waals surface area (Å²) in [5, 5.41) is 1.03. The van der Waals surface area contributed by atoms with E-state index in [1.165, 1.54) is 25.7 Å². The Labute approximate surface area is 186 Å². The second-order valence-electron chi connectivity index (χ2n) is 9.27. The molecule has 2 bridgehead atoms. The lowest BCUT2D eigenvalue weighted by Crippen LogP contribution is -2.36. The Morgan fingerprint density at radius 2 is 1.83 bits per heavy atom. The number of pyridine rings is 1. The molecule has 5 atom stereocenters. The molecule has 6 nitrogen and oxygen atoms in total. The van der Waals surface area contributed by atoms with Crippen LogP contribution in [0.5, 0.6) is 0 Å². The fourth-order valence-corrected chi connectivity index (χ4v) is 6.37. The lowest BCUT2D eigenvalue weighted by Gasteiger charge is -2.45. The molecule has 2 aliphatic carbocycles. The molecule has 2 saturated carbocycles. The zero-order valence-corrected chi connectivity index (χ0v) is 18.7. The van der Waals surface area contributed by atoms with Crippen LogP contribution in [-0.2, 0) is 6.54 Å². The van der Waals surface area contributed by atoms with E-state index in [1.807, 2.05) is 4.57 Å². The largest absolute Gasteiger partial charge is 0.382 e. The summed E-state index contributed by atoms with van der Waals surface area (Å²) in [4.78, 5) is 18.3. The van der Waals surface area contributed by atoms with E-state index in [2.05, 4.69) is 23.8 Å². The van der Waals surface area contributed by atoms with Crippen molar-refractivity contribution in [3.05, 3.63) is 40.2 Å². The Hall–Kier alpha value is -1.92. The Morgan fingerprint density at radius 1 is 1.07 bits per heavy atom. The van der Waals surface area contributed by atoms with E-state index in [0.29, 0.717) is 45.9 Å². The molecular weight excluding hydrogens is 419 g/mol. The lowest BCUT2D eigenvalue weighted by molar-refractivity contribution is 0.0821. The Kier molecular flexibility index (Phi) is 5.10. The highest BCUT2D eigenvalue weighted by atomic mass is 35.5. The van der Waals surface area contributed by atoms with Gasteiger partial charge in [-0.25, -0.2) is 15.0 Å². The molecule has 0 aromatic carbocycles. The van der Waals surface area contributed by atoms with E-state index in [1.54, 1.807) is 18.7 Å². The number of hydrogen-bond acceptors (Lipinski definition) is 5. The van der Waals surface area contributed by atoms with Gasteiger partial charge in [0.1, 0.15) is 5.82 Å². The first-order valence-electron chi connectivity index (χ1n) is 10.7. The minimum atomic E-state index is 0.373. The van der Waals surface area contributed by atoms with Gasteiger partial charge in [0, 0.05) is 23.9 Å². The first-order valence-corrected chi connectivity index (χ1v) is 11.4. The third kappa shape index (κ3) is 3.44. The SMILES string of the molecule is CC1CC2CC(C)C(c3nc4c(N)ncn(Cc5c(Cl)cncc5Cl)c-4n3)C(C1)C2.